The highest BCUT2D eigenvalue weighted by atomic mass is 16.3. The minimum absolute atomic E-state index is 0.176. The van der Waals surface area contributed by atoms with Crippen LogP contribution < -0.4 is 11.3 Å². The molecule has 0 aliphatic rings. The predicted molar refractivity (Wildman–Crippen MR) is 44.5 cm³/mol. The number of pyridine rings is 1. The summed E-state index contributed by atoms with van der Waals surface area (Å²) in [5.41, 5.74) is 5.42. The Bertz CT molecular complexity index is 354. The lowest BCUT2D eigenvalue weighted by Gasteiger charge is -2.04. The van der Waals surface area contributed by atoms with E-state index in [1.807, 2.05) is 0 Å². The monoisotopic (exact) mass is 167 g/mol. The number of nitrogens with two attached hydrogens (primary N) is 1. The van der Waals surface area contributed by atoms with E-state index in [0.717, 1.165) is 0 Å². The van der Waals surface area contributed by atoms with Crippen molar-refractivity contribution in [3.8, 4) is 5.88 Å². The van der Waals surface area contributed by atoms with Crippen LogP contribution in [0.25, 0.3) is 0 Å². The van der Waals surface area contributed by atoms with E-state index in [2.05, 4.69) is 4.98 Å². The highest BCUT2D eigenvalue weighted by Crippen LogP contribution is 2.13. The first-order chi connectivity index (χ1) is 5.52. The summed E-state index contributed by atoms with van der Waals surface area (Å²) in [6, 6.07) is 1.27. The van der Waals surface area contributed by atoms with Gasteiger partial charge in [-0.15, -0.1) is 0 Å². The topological polar surface area (TPSA) is 103 Å². The zero-order valence-electron chi connectivity index (χ0n) is 6.51. The molecule has 64 valence electrons. The predicted octanol–water partition coefficient (Wildman–Crippen LogP) is -0.327. The van der Waals surface area contributed by atoms with Crippen molar-refractivity contribution in [2.45, 2.75) is 6.92 Å². The summed E-state index contributed by atoms with van der Waals surface area (Å²) >= 11 is 0. The van der Waals surface area contributed by atoms with Crippen LogP contribution >= 0.6 is 0 Å². The van der Waals surface area contributed by atoms with E-state index < -0.39 is 5.56 Å². The second-order valence-electron chi connectivity index (χ2n) is 2.45. The summed E-state index contributed by atoms with van der Waals surface area (Å²) in [5.74, 6) is -0.617. The second-order valence-corrected chi connectivity index (χ2v) is 2.45. The fraction of sp³-hybridized carbons (Fsp3) is 0.143. The molecule has 0 aromatic carbocycles. The summed E-state index contributed by atoms with van der Waals surface area (Å²) in [5, 5.41) is 16.2. The van der Waals surface area contributed by atoms with Crippen molar-refractivity contribution in [3.63, 3.8) is 0 Å². The molecule has 0 unspecified atom stereocenters. The number of nitrogens with one attached hydrogen (secondary N) is 2. The maximum absolute atomic E-state index is 10.8. The summed E-state index contributed by atoms with van der Waals surface area (Å²) in [4.78, 5) is 12.9. The van der Waals surface area contributed by atoms with Gasteiger partial charge < -0.3 is 10.8 Å². The Labute approximate surface area is 68.4 Å². The van der Waals surface area contributed by atoms with E-state index in [0.29, 0.717) is 5.56 Å². The third kappa shape index (κ3) is 1.29. The Morgan fingerprint density at radius 1 is 1.75 bits per heavy atom. The fourth-order valence-corrected chi connectivity index (χ4v) is 1.01. The van der Waals surface area contributed by atoms with Gasteiger partial charge >= 0.3 is 0 Å². The van der Waals surface area contributed by atoms with Crippen LogP contribution in [-0.2, 0) is 0 Å². The number of hydrogen-bond acceptors (Lipinski definition) is 3. The molecule has 1 rings (SSSR count). The van der Waals surface area contributed by atoms with Crippen molar-refractivity contribution >= 4 is 5.84 Å². The van der Waals surface area contributed by atoms with Crippen LogP contribution in [0.3, 0.4) is 0 Å². The lowest BCUT2D eigenvalue weighted by Crippen LogP contribution is -2.17. The average Bonchev–Trinajstić information content (AvgIpc) is 1.82. The molecule has 5 nitrogen and oxygen atoms in total. The van der Waals surface area contributed by atoms with Gasteiger partial charge in [0.1, 0.15) is 5.84 Å². The van der Waals surface area contributed by atoms with Crippen molar-refractivity contribution in [3.05, 3.63) is 27.5 Å². The Morgan fingerprint density at radius 3 is 2.75 bits per heavy atom. The SMILES string of the molecule is Cc1cc(=O)[nH]c(O)c1C(=N)N. The smallest absolute Gasteiger partial charge is 0.250 e. The van der Waals surface area contributed by atoms with E-state index in [9.17, 15) is 4.79 Å². The Kier molecular flexibility index (Phi) is 1.86. The molecule has 0 aliphatic carbocycles. The van der Waals surface area contributed by atoms with Crippen LogP contribution in [0, 0.1) is 12.3 Å². The lowest BCUT2D eigenvalue weighted by molar-refractivity contribution is 0.450. The van der Waals surface area contributed by atoms with Crippen LogP contribution in [0.4, 0.5) is 0 Å². The molecule has 1 aromatic rings. The number of aromatic hydroxyl groups is 1. The van der Waals surface area contributed by atoms with Gasteiger partial charge in [-0.2, -0.15) is 0 Å². The van der Waals surface area contributed by atoms with Crippen LogP contribution in [0.5, 0.6) is 5.88 Å². The second kappa shape index (κ2) is 2.69. The standard InChI is InChI=1S/C7H9N3O2/c1-3-2-4(11)10-7(12)5(3)6(8)9/h2H,1H3,(H3,8,9)(H2,10,11,12). The molecule has 0 fully saturated rings. The number of amidine groups is 1. The van der Waals surface area contributed by atoms with Crippen molar-refractivity contribution in [1.82, 2.24) is 4.98 Å². The summed E-state index contributed by atoms with van der Waals surface area (Å²) < 4.78 is 0. The van der Waals surface area contributed by atoms with Crippen LogP contribution in [-0.4, -0.2) is 15.9 Å². The molecule has 0 atom stereocenters. The number of aryl methyl sites for hydroxylation is 1. The van der Waals surface area contributed by atoms with Gasteiger partial charge in [-0.25, -0.2) is 0 Å². The number of aromatic amines is 1. The quantitative estimate of drug-likeness (QED) is 0.340. The van der Waals surface area contributed by atoms with Crippen LogP contribution in [0.15, 0.2) is 10.9 Å². The van der Waals surface area contributed by atoms with Crippen LogP contribution in [0.2, 0.25) is 0 Å². The third-order valence-corrected chi connectivity index (χ3v) is 1.49. The molecular formula is C7H9N3O2. The van der Waals surface area contributed by atoms with E-state index in [-0.39, 0.29) is 17.3 Å². The maximum Gasteiger partial charge on any atom is 0.250 e. The molecule has 0 saturated heterocycles. The zero-order chi connectivity index (χ0) is 9.30. The first-order valence-electron chi connectivity index (χ1n) is 3.29. The molecule has 12 heavy (non-hydrogen) atoms. The first kappa shape index (κ1) is 8.32. The number of H-pyrrole nitrogens is 1. The van der Waals surface area contributed by atoms with Crippen molar-refractivity contribution in [2.24, 2.45) is 5.73 Å². The van der Waals surface area contributed by atoms with Crippen molar-refractivity contribution < 1.29 is 5.11 Å². The largest absolute Gasteiger partial charge is 0.494 e. The van der Waals surface area contributed by atoms with E-state index in [4.69, 9.17) is 16.2 Å². The van der Waals surface area contributed by atoms with E-state index in [1.54, 1.807) is 6.92 Å². The molecule has 0 aliphatic heterocycles. The highest BCUT2D eigenvalue weighted by Gasteiger charge is 2.08. The molecule has 0 spiro atoms. The lowest BCUT2D eigenvalue weighted by atomic mass is 10.1. The Balaban J connectivity index is 3.48. The third-order valence-electron chi connectivity index (χ3n) is 1.49. The number of aromatic nitrogens is 1. The van der Waals surface area contributed by atoms with Gasteiger partial charge in [-0.1, -0.05) is 0 Å². The van der Waals surface area contributed by atoms with Gasteiger partial charge in [0.2, 0.25) is 5.88 Å². The molecule has 1 heterocycles. The molecule has 5 N–H and O–H groups in total. The number of nitrogen functional groups attached to an aromatic ring is 1. The van der Waals surface area contributed by atoms with Crippen molar-refractivity contribution in [1.29, 1.82) is 5.41 Å². The average molecular weight is 167 g/mol. The van der Waals surface area contributed by atoms with Gasteiger partial charge in [-0.3, -0.25) is 15.2 Å². The number of rotatable bonds is 1. The Morgan fingerprint density at radius 2 is 2.33 bits per heavy atom. The van der Waals surface area contributed by atoms with Gasteiger partial charge in [0.25, 0.3) is 5.56 Å². The molecular weight excluding hydrogens is 158 g/mol. The normalized spacial score (nSPS) is 9.75. The maximum atomic E-state index is 10.8. The highest BCUT2D eigenvalue weighted by molar-refractivity contribution is 5.98. The molecule has 0 amide bonds. The molecule has 1 aromatic heterocycles. The van der Waals surface area contributed by atoms with E-state index in [1.165, 1.54) is 6.07 Å². The van der Waals surface area contributed by atoms with Gasteiger partial charge in [0.05, 0.1) is 5.56 Å². The molecule has 0 bridgehead atoms. The van der Waals surface area contributed by atoms with Crippen molar-refractivity contribution in [2.75, 3.05) is 0 Å². The minimum Gasteiger partial charge on any atom is -0.494 e. The van der Waals surface area contributed by atoms with Gasteiger partial charge in [0.15, 0.2) is 0 Å². The van der Waals surface area contributed by atoms with Crippen LogP contribution in [0.1, 0.15) is 11.1 Å². The summed E-state index contributed by atoms with van der Waals surface area (Å²) in [6.45, 7) is 1.60. The molecule has 0 radical (unpaired) electrons. The fourth-order valence-electron chi connectivity index (χ4n) is 1.01. The molecule has 5 heteroatoms. The van der Waals surface area contributed by atoms with E-state index >= 15 is 0 Å². The summed E-state index contributed by atoms with van der Waals surface area (Å²) in [6.07, 6.45) is 0. The van der Waals surface area contributed by atoms with Gasteiger partial charge in [-0.05, 0) is 12.5 Å². The number of hydrogen-bond donors (Lipinski definition) is 4. The minimum atomic E-state index is -0.407. The first-order valence-corrected chi connectivity index (χ1v) is 3.29. The molecule has 0 saturated carbocycles. The van der Waals surface area contributed by atoms with Gasteiger partial charge in [0, 0.05) is 6.07 Å². The summed E-state index contributed by atoms with van der Waals surface area (Å²) in [7, 11) is 0. The zero-order valence-corrected chi connectivity index (χ0v) is 6.51. The Hall–Kier alpha value is -1.78.